The van der Waals surface area contributed by atoms with Crippen LogP contribution in [0.5, 0.6) is 0 Å². The van der Waals surface area contributed by atoms with E-state index < -0.39 is 11.7 Å². The van der Waals surface area contributed by atoms with Crippen molar-refractivity contribution in [2.75, 3.05) is 32.5 Å². The molecular formula is C22H23FN4O2S. The molecule has 1 heterocycles. The Hall–Kier alpha value is -3.10. The van der Waals surface area contributed by atoms with Crippen LogP contribution in [0, 0.1) is 5.82 Å². The predicted molar refractivity (Wildman–Crippen MR) is 116 cm³/mol. The van der Waals surface area contributed by atoms with Crippen molar-refractivity contribution in [3.63, 3.8) is 0 Å². The average Bonchev–Trinajstić information content (AvgIpc) is 3.20. The number of carbonyl (C=O) groups is 2. The van der Waals surface area contributed by atoms with Crippen molar-refractivity contribution < 1.29 is 14.0 Å². The number of thiazole rings is 1. The van der Waals surface area contributed by atoms with Gasteiger partial charge in [0.25, 0.3) is 11.8 Å². The first-order valence-corrected chi connectivity index (χ1v) is 10.3. The van der Waals surface area contributed by atoms with E-state index in [1.165, 1.54) is 18.2 Å². The Labute approximate surface area is 179 Å². The van der Waals surface area contributed by atoms with E-state index in [4.69, 9.17) is 0 Å². The lowest BCUT2D eigenvalue weighted by Crippen LogP contribution is -2.36. The van der Waals surface area contributed by atoms with Gasteiger partial charge in [-0.25, -0.2) is 9.37 Å². The van der Waals surface area contributed by atoms with Crippen LogP contribution in [0.15, 0.2) is 60.0 Å². The van der Waals surface area contributed by atoms with Gasteiger partial charge in [-0.05, 0) is 31.8 Å². The molecule has 0 bridgehead atoms. The van der Waals surface area contributed by atoms with Crippen LogP contribution in [-0.4, -0.2) is 53.8 Å². The van der Waals surface area contributed by atoms with Crippen molar-refractivity contribution in [2.45, 2.75) is 6.54 Å². The highest BCUT2D eigenvalue weighted by molar-refractivity contribution is 7.14. The highest BCUT2D eigenvalue weighted by Crippen LogP contribution is 2.19. The van der Waals surface area contributed by atoms with Crippen LogP contribution in [0.2, 0.25) is 0 Å². The lowest BCUT2D eigenvalue weighted by Gasteiger charge is -2.24. The molecule has 0 radical (unpaired) electrons. The van der Waals surface area contributed by atoms with Crippen LogP contribution < -0.4 is 5.32 Å². The van der Waals surface area contributed by atoms with E-state index in [0.29, 0.717) is 19.6 Å². The predicted octanol–water partition coefficient (Wildman–Crippen LogP) is 3.74. The molecule has 30 heavy (non-hydrogen) atoms. The van der Waals surface area contributed by atoms with E-state index in [9.17, 15) is 14.0 Å². The molecule has 0 fully saturated rings. The molecule has 1 N–H and O–H groups in total. The third-order valence-electron chi connectivity index (χ3n) is 4.38. The molecule has 2 amide bonds. The minimum Gasteiger partial charge on any atom is -0.332 e. The SMILES string of the molecule is CN(C)CCN(Cc1ccccc1)C(=O)c1csc(NC(=O)c2ccccc2F)n1. The summed E-state index contributed by atoms with van der Waals surface area (Å²) in [5.74, 6) is -1.43. The zero-order chi connectivity index (χ0) is 21.5. The monoisotopic (exact) mass is 426 g/mol. The molecule has 8 heteroatoms. The number of nitrogens with one attached hydrogen (secondary N) is 1. The second-order valence-corrected chi connectivity index (χ2v) is 7.85. The van der Waals surface area contributed by atoms with Gasteiger partial charge in [-0.2, -0.15) is 0 Å². The van der Waals surface area contributed by atoms with Crippen molar-refractivity contribution >= 4 is 28.3 Å². The Morgan fingerprint density at radius 1 is 1.03 bits per heavy atom. The van der Waals surface area contributed by atoms with Crippen LogP contribution in [0.3, 0.4) is 0 Å². The summed E-state index contributed by atoms with van der Waals surface area (Å²) in [4.78, 5) is 33.3. The van der Waals surface area contributed by atoms with Gasteiger partial charge >= 0.3 is 0 Å². The molecule has 0 saturated carbocycles. The summed E-state index contributed by atoms with van der Waals surface area (Å²) in [6.45, 7) is 1.71. The molecule has 3 aromatic rings. The normalized spacial score (nSPS) is 10.8. The fourth-order valence-corrected chi connectivity index (χ4v) is 3.46. The number of likely N-dealkylation sites (N-methyl/N-ethyl adjacent to an activating group) is 1. The molecule has 2 aromatic carbocycles. The summed E-state index contributed by atoms with van der Waals surface area (Å²) in [5.41, 5.74) is 1.20. The van der Waals surface area contributed by atoms with Crippen molar-refractivity contribution in [2.24, 2.45) is 0 Å². The first kappa shape index (κ1) is 21.6. The Balaban J connectivity index is 1.72. The molecule has 0 unspecified atom stereocenters. The minimum atomic E-state index is -0.611. The van der Waals surface area contributed by atoms with E-state index in [1.54, 1.807) is 16.3 Å². The van der Waals surface area contributed by atoms with E-state index in [0.717, 1.165) is 16.9 Å². The minimum absolute atomic E-state index is 0.0720. The van der Waals surface area contributed by atoms with Crippen molar-refractivity contribution in [1.29, 1.82) is 0 Å². The Morgan fingerprint density at radius 3 is 2.43 bits per heavy atom. The topological polar surface area (TPSA) is 65.5 Å². The van der Waals surface area contributed by atoms with Gasteiger partial charge in [0.1, 0.15) is 11.5 Å². The van der Waals surface area contributed by atoms with E-state index >= 15 is 0 Å². The van der Waals surface area contributed by atoms with Crippen molar-refractivity contribution in [3.05, 3.63) is 82.6 Å². The third kappa shape index (κ3) is 5.71. The highest BCUT2D eigenvalue weighted by atomic mass is 32.1. The lowest BCUT2D eigenvalue weighted by molar-refractivity contribution is 0.0726. The first-order chi connectivity index (χ1) is 14.4. The van der Waals surface area contributed by atoms with Crippen LogP contribution in [0.1, 0.15) is 26.4 Å². The summed E-state index contributed by atoms with van der Waals surface area (Å²) >= 11 is 1.13. The van der Waals surface area contributed by atoms with Gasteiger partial charge in [0, 0.05) is 25.0 Å². The summed E-state index contributed by atoms with van der Waals surface area (Å²) < 4.78 is 13.8. The first-order valence-electron chi connectivity index (χ1n) is 9.43. The summed E-state index contributed by atoms with van der Waals surface area (Å²) in [5, 5.41) is 4.42. The molecule has 0 aliphatic heterocycles. The molecule has 3 rings (SSSR count). The molecule has 0 aliphatic rings. The molecule has 0 aliphatic carbocycles. The number of amides is 2. The number of nitrogens with zero attached hydrogens (tertiary/aromatic N) is 3. The molecule has 0 spiro atoms. The fourth-order valence-electron chi connectivity index (χ4n) is 2.78. The Kier molecular flexibility index (Phi) is 7.26. The zero-order valence-electron chi connectivity index (χ0n) is 16.8. The standard InChI is InChI=1S/C22H23FN4O2S/c1-26(2)12-13-27(14-16-8-4-3-5-9-16)21(29)19-15-30-22(24-19)25-20(28)17-10-6-7-11-18(17)23/h3-11,15H,12-14H2,1-2H3,(H,24,25,28). The maximum absolute atomic E-state index is 13.8. The van der Waals surface area contributed by atoms with Gasteiger partial charge in [-0.15, -0.1) is 11.3 Å². The van der Waals surface area contributed by atoms with Crippen LogP contribution >= 0.6 is 11.3 Å². The van der Waals surface area contributed by atoms with Gasteiger partial charge < -0.3 is 9.80 Å². The van der Waals surface area contributed by atoms with Crippen LogP contribution in [-0.2, 0) is 6.54 Å². The highest BCUT2D eigenvalue weighted by Gasteiger charge is 2.20. The van der Waals surface area contributed by atoms with Gasteiger partial charge in [0.05, 0.1) is 5.56 Å². The van der Waals surface area contributed by atoms with Gasteiger partial charge in [0.15, 0.2) is 5.13 Å². The van der Waals surface area contributed by atoms with Crippen LogP contribution in [0.25, 0.3) is 0 Å². The van der Waals surface area contributed by atoms with Crippen LogP contribution in [0.4, 0.5) is 9.52 Å². The van der Waals surface area contributed by atoms with Crippen molar-refractivity contribution in [3.8, 4) is 0 Å². The van der Waals surface area contributed by atoms with Gasteiger partial charge in [0.2, 0.25) is 0 Å². The third-order valence-corrected chi connectivity index (χ3v) is 5.14. The molecule has 1 aromatic heterocycles. The number of hydrogen-bond donors (Lipinski definition) is 1. The quantitative estimate of drug-likeness (QED) is 0.596. The number of benzene rings is 2. The number of rotatable bonds is 8. The largest absolute Gasteiger partial charge is 0.332 e. The number of hydrogen-bond acceptors (Lipinski definition) is 5. The smallest absolute Gasteiger partial charge is 0.273 e. The summed E-state index contributed by atoms with van der Waals surface area (Å²) in [6.07, 6.45) is 0. The fraction of sp³-hybridized carbons (Fsp3) is 0.227. The number of carbonyl (C=O) groups excluding carboxylic acids is 2. The van der Waals surface area contributed by atoms with E-state index in [1.807, 2.05) is 49.3 Å². The summed E-state index contributed by atoms with van der Waals surface area (Å²) in [6, 6.07) is 15.5. The van der Waals surface area contributed by atoms with Gasteiger partial charge in [-0.3, -0.25) is 14.9 Å². The number of halogens is 1. The summed E-state index contributed by atoms with van der Waals surface area (Å²) in [7, 11) is 3.90. The maximum Gasteiger partial charge on any atom is 0.273 e. The van der Waals surface area contributed by atoms with E-state index in [2.05, 4.69) is 10.3 Å². The number of anilines is 1. The number of aromatic nitrogens is 1. The molecule has 156 valence electrons. The molecular weight excluding hydrogens is 403 g/mol. The Morgan fingerprint density at radius 2 is 1.73 bits per heavy atom. The van der Waals surface area contributed by atoms with Crippen molar-refractivity contribution in [1.82, 2.24) is 14.8 Å². The molecule has 0 saturated heterocycles. The maximum atomic E-state index is 13.8. The average molecular weight is 427 g/mol. The lowest BCUT2D eigenvalue weighted by atomic mass is 10.2. The second-order valence-electron chi connectivity index (χ2n) is 6.99. The zero-order valence-corrected chi connectivity index (χ0v) is 17.7. The van der Waals surface area contributed by atoms with Gasteiger partial charge in [-0.1, -0.05) is 42.5 Å². The molecule has 0 atom stereocenters. The van der Waals surface area contributed by atoms with E-state index in [-0.39, 0.29) is 22.3 Å². The second kappa shape index (κ2) is 10.1. The Bertz CT molecular complexity index is 1010. The molecule has 6 nitrogen and oxygen atoms in total.